The van der Waals surface area contributed by atoms with Crippen molar-refractivity contribution in [3.63, 3.8) is 0 Å². The number of ether oxygens (including phenoxy) is 1. The number of hydrogen-bond acceptors (Lipinski definition) is 5. The molecule has 0 bridgehead atoms. The molecule has 0 radical (unpaired) electrons. The number of benzene rings is 2. The van der Waals surface area contributed by atoms with Gasteiger partial charge in [0.05, 0.1) is 24.2 Å². The van der Waals surface area contributed by atoms with Gasteiger partial charge in [-0.2, -0.15) is 0 Å². The van der Waals surface area contributed by atoms with Crippen molar-refractivity contribution in [3.8, 4) is 5.75 Å². The fourth-order valence-electron chi connectivity index (χ4n) is 3.54. The molecule has 168 valence electrons. The molecule has 0 fully saturated rings. The minimum atomic E-state index is -0.730. The molecule has 8 heteroatoms. The average molecular weight is 439 g/mol. The van der Waals surface area contributed by atoms with Gasteiger partial charge in [-0.05, 0) is 50.2 Å². The summed E-state index contributed by atoms with van der Waals surface area (Å²) in [6.07, 6.45) is 0. The molecule has 1 amide bonds. The van der Waals surface area contributed by atoms with Crippen LogP contribution in [-0.2, 0) is 11.8 Å². The fraction of sp³-hybridized carbons (Fsp3) is 0.292. The van der Waals surface area contributed by atoms with Crippen LogP contribution in [0.3, 0.4) is 0 Å². The van der Waals surface area contributed by atoms with Crippen molar-refractivity contribution < 1.29 is 24.3 Å². The van der Waals surface area contributed by atoms with Crippen LogP contribution in [0.2, 0.25) is 0 Å². The molecule has 0 unspecified atom stereocenters. The summed E-state index contributed by atoms with van der Waals surface area (Å²) in [5.41, 5.74) is 0.329. The first-order valence-electron chi connectivity index (χ1n) is 10.6. The van der Waals surface area contributed by atoms with Crippen LogP contribution in [0.15, 0.2) is 53.3 Å². The van der Waals surface area contributed by atoms with Crippen molar-refractivity contribution in [2.75, 3.05) is 31.6 Å². The number of anilines is 1. The third-order valence-corrected chi connectivity index (χ3v) is 5.57. The number of pyridine rings is 1. The highest BCUT2D eigenvalue weighted by Crippen LogP contribution is 2.26. The summed E-state index contributed by atoms with van der Waals surface area (Å²) in [5, 5.41) is 13.6. The number of quaternary nitrogens is 1. The van der Waals surface area contributed by atoms with E-state index in [0.29, 0.717) is 28.8 Å². The zero-order valence-electron chi connectivity index (χ0n) is 18.5. The first-order chi connectivity index (χ1) is 15.4. The van der Waals surface area contributed by atoms with Crippen molar-refractivity contribution in [3.05, 3.63) is 70.0 Å². The van der Waals surface area contributed by atoms with Gasteiger partial charge in [0.2, 0.25) is 0 Å². The maximum atomic E-state index is 12.8. The molecule has 3 N–H and O–H groups in total. The van der Waals surface area contributed by atoms with Crippen LogP contribution in [0.4, 0.5) is 5.69 Å². The summed E-state index contributed by atoms with van der Waals surface area (Å²) in [7, 11) is 1.54. The Bertz CT molecular complexity index is 1180. The van der Waals surface area contributed by atoms with Crippen molar-refractivity contribution in [2.24, 2.45) is 7.05 Å². The third kappa shape index (κ3) is 4.81. The molecule has 1 aromatic heterocycles. The second kappa shape index (κ2) is 10.1. The first kappa shape index (κ1) is 23.0. The van der Waals surface area contributed by atoms with Crippen molar-refractivity contribution >= 4 is 28.5 Å². The smallest absolute Gasteiger partial charge is 0.338 e. The van der Waals surface area contributed by atoms with E-state index in [2.05, 4.69) is 19.2 Å². The number of nitrogens with zero attached hydrogens (tertiary/aromatic N) is 1. The Balaban J connectivity index is 1.72. The van der Waals surface area contributed by atoms with Crippen LogP contribution in [0.25, 0.3) is 10.9 Å². The number of likely N-dealkylation sites (N-methyl/N-ethyl adjacent to an activating group) is 1. The molecule has 0 atom stereocenters. The van der Waals surface area contributed by atoms with E-state index in [4.69, 9.17) is 4.74 Å². The average Bonchev–Trinajstić information content (AvgIpc) is 2.81. The second-order valence-corrected chi connectivity index (χ2v) is 7.48. The van der Waals surface area contributed by atoms with Gasteiger partial charge in [-0.15, -0.1) is 0 Å². The molecule has 0 spiro atoms. The molecule has 3 rings (SSSR count). The van der Waals surface area contributed by atoms with Gasteiger partial charge in [0.15, 0.2) is 0 Å². The molecule has 2 aromatic carbocycles. The predicted molar refractivity (Wildman–Crippen MR) is 122 cm³/mol. The maximum absolute atomic E-state index is 12.8. The van der Waals surface area contributed by atoms with Crippen LogP contribution in [0, 0.1) is 0 Å². The zero-order valence-corrected chi connectivity index (χ0v) is 18.5. The molecule has 0 aliphatic rings. The van der Waals surface area contributed by atoms with Gasteiger partial charge in [0, 0.05) is 18.1 Å². The molecule has 0 saturated carbocycles. The number of carbonyl (C=O) groups excluding carboxylic acids is 2. The summed E-state index contributed by atoms with van der Waals surface area (Å²) >= 11 is 0. The van der Waals surface area contributed by atoms with Crippen molar-refractivity contribution in [2.45, 2.75) is 13.8 Å². The molecule has 0 aliphatic heterocycles. The van der Waals surface area contributed by atoms with Crippen LogP contribution < -0.4 is 15.8 Å². The van der Waals surface area contributed by atoms with Crippen LogP contribution in [0.1, 0.15) is 34.6 Å². The Hall–Kier alpha value is -3.65. The molecule has 0 saturated heterocycles. The highest BCUT2D eigenvalue weighted by Gasteiger charge is 2.21. The Labute approximate surface area is 186 Å². The largest absolute Gasteiger partial charge is 0.506 e. The third-order valence-electron chi connectivity index (χ3n) is 5.57. The van der Waals surface area contributed by atoms with Crippen LogP contribution in [0.5, 0.6) is 5.75 Å². The number of para-hydroxylation sites is 1. The van der Waals surface area contributed by atoms with E-state index in [1.54, 1.807) is 55.6 Å². The molecule has 32 heavy (non-hydrogen) atoms. The highest BCUT2D eigenvalue weighted by molar-refractivity contribution is 6.09. The van der Waals surface area contributed by atoms with Crippen molar-refractivity contribution in [1.29, 1.82) is 0 Å². The number of fused-ring (bicyclic) bond motifs is 1. The Kier molecular flexibility index (Phi) is 7.27. The van der Waals surface area contributed by atoms with Gasteiger partial charge in [-0.1, -0.05) is 12.1 Å². The van der Waals surface area contributed by atoms with E-state index >= 15 is 0 Å². The van der Waals surface area contributed by atoms with E-state index in [-0.39, 0.29) is 11.3 Å². The highest BCUT2D eigenvalue weighted by atomic mass is 16.5. The Morgan fingerprint density at radius 3 is 2.38 bits per heavy atom. The predicted octanol–water partition coefficient (Wildman–Crippen LogP) is 1.58. The SMILES string of the molecule is CC[NH+](CC)CCOC(=O)c1ccc(NC(=O)c2c(O)c3ccccc3n(C)c2=O)cc1. The van der Waals surface area contributed by atoms with Gasteiger partial charge < -0.3 is 24.6 Å². The standard InChI is InChI=1S/C24H27N3O5/c1-4-27(5-2)14-15-32-24(31)16-10-12-17(13-11-16)25-22(29)20-21(28)18-8-6-7-9-19(18)26(3)23(20)30/h6-13,28H,4-5,14-15H2,1-3H3,(H,25,29)/p+1. The lowest BCUT2D eigenvalue weighted by atomic mass is 10.1. The molecule has 3 aromatic rings. The van der Waals surface area contributed by atoms with E-state index in [1.807, 2.05) is 0 Å². The number of rotatable bonds is 8. The summed E-state index contributed by atoms with van der Waals surface area (Å²) in [4.78, 5) is 39.0. The molecular formula is C24H28N3O5+. The Morgan fingerprint density at radius 2 is 1.72 bits per heavy atom. The quantitative estimate of drug-likeness (QED) is 0.464. The van der Waals surface area contributed by atoms with Gasteiger partial charge >= 0.3 is 5.97 Å². The number of hydrogen-bond donors (Lipinski definition) is 3. The summed E-state index contributed by atoms with van der Waals surface area (Å²) in [6, 6.07) is 13.0. The summed E-state index contributed by atoms with van der Waals surface area (Å²) in [5.74, 6) is -1.53. The normalized spacial score (nSPS) is 11.0. The van der Waals surface area contributed by atoms with E-state index in [1.165, 1.54) is 9.47 Å². The molecule has 0 aliphatic carbocycles. The molecular weight excluding hydrogens is 410 g/mol. The number of aromatic nitrogens is 1. The van der Waals surface area contributed by atoms with Gasteiger partial charge in [-0.25, -0.2) is 4.79 Å². The lowest BCUT2D eigenvalue weighted by Crippen LogP contribution is -3.11. The topological polar surface area (TPSA) is 102 Å². The number of nitrogens with one attached hydrogen (secondary N) is 2. The van der Waals surface area contributed by atoms with Gasteiger partial charge in [0.1, 0.15) is 24.5 Å². The van der Waals surface area contributed by atoms with Crippen molar-refractivity contribution in [1.82, 2.24) is 4.57 Å². The summed E-state index contributed by atoms with van der Waals surface area (Å²) < 4.78 is 6.64. The number of amides is 1. The zero-order chi connectivity index (χ0) is 23.3. The van der Waals surface area contributed by atoms with Crippen LogP contribution >= 0.6 is 0 Å². The lowest BCUT2D eigenvalue weighted by Gasteiger charge is -2.15. The molecule has 8 nitrogen and oxygen atoms in total. The minimum Gasteiger partial charge on any atom is -0.506 e. The van der Waals surface area contributed by atoms with E-state index in [9.17, 15) is 19.5 Å². The van der Waals surface area contributed by atoms with Gasteiger partial charge in [0.25, 0.3) is 11.5 Å². The maximum Gasteiger partial charge on any atom is 0.338 e. The first-order valence-corrected chi connectivity index (χ1v) is 10.6. The van der Waals surface area contributed by atoms with E-state index in [0.717, 1.165) is 19.6 Å². The number of esters is 1. The number of aryl methyl sites for hydroxylation is 1. The number of carbonyl (C=O) groups is 2. The number of aromatic hydroxyl groups is 1. The Morgan fingerprint density at radius 1 is 1.06 bits per heavy atom. The van der Waals surface area contributed by atoms with E-state index < -0.39 is 17.4 Å². The summed E-state index contributed by atoms with van der Waals surface area (Å²) in [6.45, 7) is 7.19. The minimum absolute atomic E-state index is 0.332. The lowest BCUT2D eigenvalue weighted by molar-refractivity contribution is -0.896. The fourth-order valence-corrected chi connectivity index (χ4v) is 3.54. The monoisotopic (exact) mass is 438 g/mol. The molecule has 1 heterocycles. The van der Waals surface area contributed by atoms with Gasteiger partial charge in [-0.3, -0.25) is 9.59 Å². The second-order valence-electron chi connectivity index (χ2n) is 7.48. The van der Waals surface area contributed by atoms with Crippen LogP contribution in [-0.4, -0.2) is 47.8 Å².